The number of fused-ring (bicyclic) bond motifs is 1. The van der Waals surface area contributed by atoms with Crippen LogP contribution in [0, 0.1) is 0 Å². The summed E-state index contributed by atoms with van der Waals surface area (Å²) in [6, 6.07) is 1.74. The zero-order chi connectivity index (χ0) is 12.5. The fraction of sp³-hybridized carbons (Fsp3) is 0.538. The largest absolute Gasteiger partial charge is 0.456 e. The molecule has 4 heteroatoms. The van der Waals surface area contributed by atoms with Crippen LogP contribution < -0.4 is 5.32 Å². The molecular formula is C13H18N2O2. The quantitative estimate of drug-likeness (QED) is 0.751. The third kappa shape index (κ3) is 2.82. The Balaban J connectivity index is 2.29. The van der Waals surface area contributed by atoms with Crippen LogP contribution in [0.1, 0.15) is 42.4 Å². The number of carbonyl (C=O) groups is 1. The molecule has 0 bridgehead atoms. The van der Waals surface area contributed by atoms with Gasteiger partial charge in [-0.15, -0.1) is 0 Å². The molecule has 1 N–H and O–H groups in total. The summed E-state index contributed by atoms with van der Waals surface area (Å²) in [4.78, 5) is 16.4. The van der Waals surface area contributed by atoms with Crippen LogP contribution in [0.5, 0.6) is 0 Å². The standard InChI is InChI=1S/C13H18N2O2/c1-13(2,3)17-12(16)9-4-7-15-11-5-6-14-8-10(9)11/h4,7,14H,5-6,8H2,1-3H3. The molecule has 1 aromatic rings. The molecule has 17 heavy (non-hydrogen) atoms. The maximum atomic E-state index is 12.1. The summed E-state index contributed by atoms with van der Waals surface area (Å²) in [5.41, 5.74) is 2.16. The Morgan fingerprint density at radius 2 is 2.24 bits per heavy atom. The normalized spacial score (nSPS) is 15.2. The molecule has 4 nitrogen and oxygen atoms in total. The smallest absolute Gasteiger partial charge is 0.339 e. The van der Waals surface area contributed by atoms with E-state index in [2.05, 4.69) is 10.3 Å². The van der Waals surface area contributed by atoms with Crippen LogP contribution in [0.2, 0.25) is 0 Å². The van der Waals surface area contributed by atoms with Crippen molar-refractivity contribution in [2.75, 3.05) is 6.54 Å². The molecule has 0 radical (unpaired) electrons. The lowest BCUT2D eigenvalue weighted by Gasteiger charge is -2.22. The van der Waals surface area contributed by atoms with Crippen LogP contribution in [0.3, 0.4) is 0 Å². The third-order valence-electron chi connectivity index (χ3n) is 2.60. The maximum absolute atomic E-state index is 12.1. The van der Waals surface area contributed by atoms with Gasteiger partial charge in [0.25, 0.3) is 0 Å². The number of esters is 1. The molecule has 1 aliphatic heterocycles. The van der Waals surface area contributed by atoms with Gasteiger partial charge in [0.05, 0.1) is 5.56 Å². The van der Waals surface area contributed by atoms with Crippen molar-refractivity contribution in [2.24, 2.45) is 0 Å². The number of rotatable bonds is 1. The second-order valence-corrected chi connectivity index (χ2v) is 5.21. The Morgan fingerprint density at radius 1 is 1.47 bits per heavy atom. The van der Waals surface area contributed by atoms with E-state index in [1.807, 2.05) is 20.8 Å². The van der Waals surface area contributed by atoms with Crippen LogP contribution >= 0.6 is 0 Å². The zero-order valence-electron chi connectivity index (χ0n) is 10.5. The molecule has 0 saturated carbocycles. The van der Waals surface area contributed by atoms with Crippen molar-refractivity contribution in [3.8, 4) is 0 Å². The molecule has 2 heterocycles. The number of ether oxygens (including phenoxy) is 1. The van der Waals surface area contributed by atoms with E-state index in [1.165, 1.54) is 0 Å². The summed E-state index contributed by atoms with van der Waals surface area (Å²) in [5, 5.41) is 3.25. The number of hydrogen-bond donors (Lipinski definition) is 1. The van der Waals surface area contributed by atoms with E-state index in [9.17, 15) is 4.79 Å². The van der Waals surface area contributed by atoms with Crippen LogP contribution in [-0.4, -0.2) is 23.1 Å². The minimum atomic E-state index is -0.463. The number of pyridine rings is 1. The summed E-state index contributed by atoms with van der Waals surface area (Å²) in [5.74, 6) is -0.264. The third-order valence-corrected chi connectivity index (χ3v) is 2.60. The van der Waals surface area contributed by atoms with Crippen molar-refractivity contribution < 1.29 is 9.53 Å². The molecular weight excluding hydrogens is 216 g/mol. The average Bonchev–Trinajstić information content (AvgIpc) is 2.26. The predicted octanol–water partition coefficient (Wildman–Crippen LogP) is 1.68. The van der Waals surface area contributed by atoms with Gasteiger partial charge in [-0.25, -0.2) is 4.79 Å². The van der Waals surface area contributed by atoms with Gasteiger partial charge in [0, 0.05) is 37.0 Å². The van der Waals surface area contributed by atoms with Crippen LogP contribution in [-0.2, 0) is 17.7 Å². The van der Waals surface area contributed by atoms with E-state index in [0.717, 1.165) is 24.2 Å². The average molecular weight is 234 g/mol. The summed E-state index contributed by atoms with van der Waals surface area (Å²) in [7, 11) is 0. The van der Waals surface area contributed by atoms with Crippen molar-refractivity contribution in [3.63, 3.8) is 0 Å². The highest BCUT2D eigenvalue weighted by Crippen LogP contribution is 2.19. The van der Waals surface area contributed by atoms with E-state index < -0.39 is 5.60 Å². The Bertz CT molecular complexity index is 436. The maximum Gasteiger partial charge on any atom is 0.339 e. The molecule has 0 amide bonds. The van der Waals surface area contributed by atoms with Gasteiger partial charge in [0.15, 0.2) is 0 Å². The second kappa shape index (κ2) is 4.45. The SMILES string of the molecule is CC(C)(C)OC(=O)c1ccnc2c1CNCC2. The highest BCUT2D eigenvalue weighted by atomic mass is 16.6. The lowest BCUT2D eigenvalue weighted by Crippen LogP contribution is -2.29. The molecule has 2 rings (SSSR count). The number of nitrogens with one attached hydrogen (secondary N) is 1. The molecule has 0 fully saturated rings. The van der Waals surface area contributed by atoms with Crippen LogP contribution in [0.25, 0.3) is 0 Å². The molecule has 0 aromatic carbocycles. The fourth-order valence-electron chi connectivity index (χ4n) is 1.89. The molecule has 0 aliphatic carbocycles. The van der Waals surface area contributed by atoms with Gasteiger partial charge < -0.3 is 10.1 Å². The van der Waals surface area contributed by atoms with E-state index in [4.69, 9.17) is 4.74 Å². The summed E-state index contributed by atoms with van der Waals surface area (Å²) in [6.45, 7) is 7.22. The molecule has 0 spiro atoms. The first-order valence-electron chi connectivity index (χ1n) is 5.88. The molecule has 0 atom stereocenters. The highest BCUT2D eigenvalue weighted by Gasteiger charge is 2.23. The van der Waals surface area contributed by atoms with E-state index in [1.54, 1.807) is 12.3 Å². The molecule has 92 valence electrons. The lowest BCUT2D eigenvalue weighted by atomic mass is 10.0. The second-order valence-electron chi connectivity index (χ2n) is 5.21. The van der Waals surface area contributed by atoms with Crippen molar-refractivity contribution in [1.82, 2.24) is 10.3 Å². The lowest BCUT2D eigenvalue weighted by molar-refractivity contribution is 0.00677. The number of nitrogens with zero attached hydrogens (tertiary/aromatic N) is 1. The summed E-state index contributed by atoms with van der Waals surface area (Å²) in [6.07, 6.45) is 2.55. The zero-order valence-corrected chi connectivity index (χ0v) is 10.5. The number of aromatic nitrogens is 1. The first-order valence-corrected chi connectivity index (χ1v) is 5.88. The minimum Gasteiger partial charge on any atom is -0.456 e. The van der Waals surface area contributed by atoms with Gasteiger partial charge in [0.2, 0.25) is 0 Å². The van der Waals surface area contributed by atoms with Gasteiger partial charge in [-0.1, -0.05) is 0 Å². The topological polar surface area (TPSA) is 51.2 Å². The monoisotopic (exact) mass is 234 g/mol. The van der Waals surface area contributed by atoms with Gasteiger partial charge >= 0.3 is 5.97 Å². The molecule has 0 unspecified atom stereocenters. The molecule has 0 saturated heterocycles. The summed E-state index contributed by atoms with van der Waals surface area (Å²) >= 11 is 0. The first kappa shape index (κ1) is 12.0. The first-order chi connectivity index (χ1) is 7.97. The van der Waals surface area contributed by atoms with Gasteiger partial charge in [-0.2, -0.15) is 0 Å². The van der Waals surface area contributed by atoms with Crippen molar-refractivity contribution in [2.45, 2.75) is 39.3 Å². The Morgan fingerprint density at radius 3 is 2.94 bits per heavy atom. The Hall–Kier alpha value is -1.42. The van der Waals surface area contributed by atoms with Gasteiger partial charge in [-0.3, -0.25) is 4.98 Å². The Kier molecular flexibility index (Phi) is 3.15. The van der Waals surface area contributed by atoms with Crippen molar-refractivity contribution in [1.29, 1.82) is 0 Å². The van der Waals surface area contributed by atoms with Crippen LogP contribution in [0.4, 0.5) is 0 Å². The van der Waals surface area contributed by atoms with Gasteiger partial charge in [-0.05, 0) is 26.8 Å². The van der Waals surface area contributed by atoms with E-state index >= 15 is 0 Å². The van der Waals surface area contributed by atoms with Crippen LogP contribution in [0.15, 0.2) is 12.3 Å². The predicted molar refractivity (Wildman–Crippen MR) is 64.8 cm³/mol. The number of hydrogen-bond acceptors (Lipinski definition) is 4. The highest BCUT2D eigenvalue weighted by molar-refractivity contribution is 5.91. The Labute approximate surface area is 101 Å². The minimum absolute atomic E-state index is 0.264. The summed E-state index contributed by atoms with van der Waals surface area (Å²) < 4.78 is 5.40. The molecule has 1 aliphatic rings. The van der Waals surface area contributed by atoms with E-state index in [-0.39, 0.29) is 5.97 Å². The van der Waals surface area contributed by atoms with E-state index in [0.29, 0.717) is 12.1 Å². The van der Waals surface area contributed by atoms with Crippen molar-refractivity contribution >= 4 is 5.97 Å². The van der Waals surface area contributed by atoms with Crippen molar-refractivity contribution in [3.05, 3.63) is 29.1 Å². The molecule has 1 aromatic heterocycles. The van der Waals surface area contributed by atoms with Gasteiger partial charge in [0.1, 0.15) is 5.60 Å². The fourth-order valence-corrected chi connectivity index (χ4v) is 1.89. The number of carbonyl (C=O) groups excluding carboxylic acids is 1.